The minimum atomic E-state index is -4.02. The third kappa shape index (κ3) is 2.97. The van der Waals surface area contributed by atoms with Crippen LogP contribution in [-0.4, -0.2) is 39.7 Å². The van der Waals surface area contributed by atoms with E-state index in [4.69, 9.17) is 5.73 Å². The highest BCUT2D eigenvalue weighted by Crippen LogP contribution is 2.25. The van der Waals surface area contributed by atoms with Crippen LogP contribution < -0.4 is 11.3 Å². The van der Waals surface area contributed by atoms with Crippen LogP contribution in [-0.2, 0) is 16.4 Å². The number of aromatic nitrogens is 4. The third-order valence-electron chi connectivity index (χ3n) is 4.01. The van der Waals surface area contributed by atoms with Crippen molar-refractivity contribution in [2.45, 2.75) is 36.4 Å². The van der Waals surface area contributed by atoms with Crippen LogP contribution in [0.15, 0.2) is 39.1 Å². The van der Waals surface area contributed by atoms with Crippen molar-refractivity contribution >= 4 is 26.9 Å². The molecule has 3 aromatic rings. The number of imidazole rings is 1. The molecule has 0 radical (unpaired) electrons. The molecular formula is C16H19N5O4S. The molecule has 2 aromatic heterocycles. The number of nitrogen functional groups attached to an aromatic ring is 1. The van der Waals surface area contributed by atoms with Crippen LogP contribution in [0.1, 0.15) is 25.3 Å². The largest absolute Gasteiger partial charge is 0.395 e. The van der Waals surface area contributed by atoms with Gasteiger partial charge in [0.15, 0.2) is 11.2 Å². The molecule has 0 saturated heterocycles. The molecule has 1 aromatic carbocycles. The Labute approximate surface area is 149 Å². The number of aromatic amines is 1. The summed E-state index contributed by atoms with van der Waals surface area (Å²) in [6.45, 7) is 3.57. The van der Waals surface area contributed by atoms with E-state index in [2.05, 4.69) is 15.0 Å². The minimum absolute atomic E-state index is 0.0117. The average Bonchev–Trinajstić information content (AvgIpc) is 2.95. The van der Waals surface area contributed by atoms with Gasteiger partial charge in [-0.1, -0.05) is 26.0 Å². The first-order chi connectivity index (χ1) is 12.3. The topological polar surface area (TPSA) is 144 Å². The Morgan fingerprint density at radius 1 is 1.23 bits per heavy atom. The van der Waals surface area contributed by atoms with E-state index >= 15 is 0 Å². The van der Waals surface area contributed by atoms with Gasteiger partial charge in [0.25, 0.3) is 5.56 Å². The van der Waals surface area contributed by atoms with Crippen molar-refractivity contribution in [3.05, 3.63) is 40.2 Å². The van der Waals surface area contributed by atoms with E-state index in [1.165, 1.54) is 16.7 Å². The van der Waals surface area contributed by atoms with E-state index in [0.717, 1.165) is 5.56 Å². The number of hydrogen-bond donors (Lipinski definition) is 3. The number of benzene rings is 1. The molecule has 26 heavy (non-hydrogen) atoms. The van der Waals surface area contributed by atoms with E-state index in [1.807, 2.05) is 13.8 Å². The summed E-state index contributed by atoms with van der Waals surface area (Å²) >= 11 is 0. The Morgan fingerprint density at radius 2 is 1.88 bits per heavy atom. The molecule has 138 valence electrons. The van der Waals surface area contributed by atoms with Crippen LogP contribution in [0.3, 0.4) is 0 Å². The number of fused-ring (bicyclic) bond motifs is 1. The number of nitrogens with zero attached hydrogens (tertiary/aromatic N) is 3. The maximum absolute atomic E-state index is 13.0. The highest BCUT2D eigenvalue weighted by Gasteiger charge is 2.27. The number of sulfone groups is 1. The molecule has 0 bridgehead atoms. The number of anilines is 1. The molecule has 3 rings (SSSR count). The fourth-order valence-electron chi connectivity index (χ4n) is 2.65. The van der Waals surface area contributed by atoms with Crippen LogP contribution in [0, 0.1) is 0 Å². The predicted octanol–water partition coefficient (Wildman–Crippen LogP) is 0.650. The maximum atomic E-state index is 13.0. The summed E-state index contributed by atoms with van der Waals surface area (Å²) in [7, 11) is -4.02. The summed E-state index contributed by atoms with van der Waals surface area (Å²) in [5, 5.41) is 8.95. The van der Waals surface area contributed by atoms with E-state index in [0.29, 0.717) is 0 Å². The molecular weight excluding hydrogens is 358 g/mol. The van der Waals surface area contributed by atoms with Crippen molar-refractivity contribution < 1.29 is 13.5 Å². The summed E-state index contributed by atoms with van der Waals surface area (Å²) in [6.07, 6.45) is 0. The van der Waals surface area contributed by atoms with Crippen molar-refractivity contribution in [2.24, 2.45) is 0 Å². The number of nitrogens with two attached hydrogens (primary N) is 1. The molecule has 0 amide bonds. The van der Waals surface area contributed by atoms with Gasteiger partial charge in [0, 0.05) is 6.54 Å². The second kappa shape index (κ2) is 6.54. The Hall–Kier alpha value is -2.72. The lowest BCUT2D eigenvalue weighted by atomic mass is 10.0. The molecule has 4 N–H and O–H groups in total. The zero-order valence-corrected chi connectivity index (χ0v) is 15.1. The molecule has 0 aliphatic carbocycles. The minimum Gasteiger partial charge on any atom is -0.395 e. The lowest BCUT2D eigenvalue weighted by Gasteiger charge is -2.09. The third-order valence-corrected chi connectivity index (χ3v) is 5.70. The Balaban J connectivity index is 2.24. The highest BCUT2D eigenvalue weighted by atomic mass is 32.2. The SMILES string of the molecule is CC(C)c1ccc(S(=O)(=O)c2nc3c(=O)[nH]c(N)nc3n2CCO)cc1. The van der Waals surface area contributed by atoms with Crippen molar-refractivity contribution in [1.29, 1.82) is 0 Å². The summed E-state index contributed by atoms with van der Waals surface area (Å²) in [6, 6.07) is 6.47. The number of rotatable bonds is 5. The predicted molar refractivity (Wildman–Crippen MR) is 95.6 cm³/mol. The van der Waals surface area contributed by atoms with Crippen molar-refractivity contribution in [3.63, 3.8) is 0 Å². The van der Waals surface area contributed by atoms with Gasteiger partial charge in [0.2, 0.25) is 20.9 Å². The average molecular weight is 377 g/mol. The first kappa shape index (κ1) is 18.1. The molecule has 2 heterocycles. The summed E-state index contributed by atoms with van der Waals surface area (Å²) < 4.78 is 27.3. The van der Waals surface area contributed by atoms with Gasteiger partial charge in [0.1, 0.15) is 0 Å². The van der Waals surface area contributed by atoms with Crippen molar-refractivity contribution in [3.8, 4) is 0 Å². The number of H-pyrrole nitrogens is 1. The van der Waals surface area contributed by atoms with Gasteiger partial charge in [-0.2, -0.15) is 4.98 Å². The van der Waals surface area contributed by atoms with E-state index in [1.54, 1.807) is 12.1 Å². The Morgan fingerprint density at radius 3 is 2.46 bits per heavy atom. The van der Waals surface area contributed by atoms with Crippen molar-refractivity contribution in [1.82, 2.24) is 19.5 Å². The van der Waals surface area contributed by atoms with E-state index < -0.39 is 15.4 Å². The molecule has 9 nitrogen and oxygen atoms in total. The monoisotopic (exact) mass is 377 g/mol. The van der Waals surface area contributed by atoms with Gasteiger partial charge in [-0.25, -0.2) is 13.4 Å². The summed E-state index contributed by atoms with van der Waals surface area (Å²) in [4.78, 5) is 22.3. The van der Waals surface area contributed by atoms with Crippen LogP contribution in [0.5, 0.6) is 0 Å². The first-order valence-corrected chi connectivity index (χ1v) is 9.46. The quantitative estimate of drug-likeness (QED) is 0.592. The first-order valence-electron chi connectivity index (χ1n) is 7.97. The zero-order chi connectivity index (χ0) is 19.1. The molecule has 10 heteroatoms. The van der Waals surface area contributed by atoms with E-state index in [-0.39, 0.29) is 46.2 Å². The van der Waals surface area contributed by atoms with Gasteiger partial charge in [-0.3, -0.25) is 14.3 Å². The van der Waals surface area contributed by atoms with Gasteiger partial charge in [-0.15, -0.1) is 0 Å². The number of nitrogens with one attached hydrogen (secondary N) is 1. The normalized spacial score (nSPS) is 12.2. The van der Waals surface area contributed by atoms with Gasteiger partial charge in [0.05, 0.1) is 11.5 Å². The maximum Gasteiger partial charge on any atom is 0.280 e. The molecule has 0 atom stereocenters. The molecule has 0 unspecified atom stereocenters. The standard InChI is InChI=1S/C16H19N5O4S/c1-9(2)10-3-5-11(6-4-10)26(24,25)16-18-12-13(21(16)7-8-22)19-15(17)20-14(12)23/h3-6,9,22H,7-8H2,1-2H3,(H3,17,19,20,23). The van der Waals surface area contributed by atoms with Crippen LogP contribution in [0.25, 0.3) is 11.2 Å². The van der Waals surface area contributed by atoms with Crippen LogP contribution in [0.2, 0.25) is 0 Å². The molecule has 0 aliphatic rings. The molecule has 0 saturated carbocycles. The fourth-order valence-corrected chi connectivity index (χ4v) is 4.04. The van der Waals surface area contributed by atoms with Gasteiger partial charge >= 0.3 is 0 Å². The Kier molecular flexibility index (Phi) is 4.55. The zero-order valence-electron chi connectivity index (χ0n) is 14.3. The molecule has 0 fully saturated rings. The van der Waals surface area contributed by atoms with Crippen LogP contribution >= 0.6 is 0 Å². The van der Waals surface area contributed by atoms with Gasteiger partial charge < -0.3 is 10.8 Å². The fraction of sp³-hybridized carbons (Fsp3) is 0.312. The second-order valence-corrected chi connectivity index (χ2v) is 7.96. The van der Waals surface area contributed by atoms with E-state index in [9.17, 15) is 18.3 Å². The highest BCUT2D eigenvalue weighted by molar-refractivity contribution is 7.91. The van der Waals surface area contributed by atoms with Crippen molar-refractivity contribution in [2.75, 3.05) is 12.3 Å². The smallest absolute Gasteiger partial charge is 0.280 e. The Bertz CT molecular complexity index is 1110. The lowest BCUT2D eigenvalue weighted by molar-refractivity contribution is 0.272. The molecule has 0 aliphatic heterocycles. The number of aliphatic hydroxyl groups excluding tert-OH is 1. The number of aliphatic hydroxyl groups is 1. The summed E-state index contributed by atoms with van der Waals surface area (Å²) in [5.74, 6) is 0.100. The van der Waals surface area contributed by atoms with Crippen LogP contribution in [0.4, 0.5) is 5.95 Å². The summed E-state index contributed by atoms with van der Waals surface area (Å²) in [5.41, 5.74) is 5.76. The molecule has 0 spiro atoms. The lowest BCUT2D eigenvalue weighted by Crippen LogP contribution is -2.14. The van der Waals surface area contributed by atoms with Gasteiger partial charge in [-0.05, 0) is 23.6 Å². The number of hydrogen-bond acceptors (Lipinski definition) is 7. The second-order valence-electron chi connectivity index (χ2n) is 6.12.